The summed E-state index contributed by atoms with van der Waals surface area (Å²) in [6, 6.07) is 13.1. The standard InChI is InChI=1S/C19H20N2O3/c1-13(2)19(3,12-20)21-18(23)11-24-17-9-8-14-6-4-5-7-15(14)16(17)10-22/h4-10,13H,11H2,1-3H3,(H,21,23). The average Bonchev–Trinajstić information content (AvgIpc) is 2.58. The second-order valence-electron chi connectivity index (χ2n) is 6.12. The summed E-state index contributed by atoms with van der Waals surface area (Å²) in [5.41, 5.74) is -0.551. The quantitative estimate of drug-likeness (QED) is 0.828. The molecule has 0 aliphatic rings. The number of nitrogens with one attached hydrogen (secondary N) is 1. The topological polar surface area (TPSA) is 79.2 Å². The highest BCUT2D eigenvalue weighted by Crippen LogP contribution is 2.26. The second kappa shape index (κ2) is 7.14. The maximum absolute atomic E-state index is 12.1. The molecule has 124 valence electrons. The van der Waals surface area contributed by atoms with Gasteiger partial charge in [0.05, 0.1) is 11.6 Å². The smallest absolute Gasteiger partial charge is 0.259 e. The summed E-state index contributed by atoms with van der Waals surface area (Å²) in [5, 5.41) is 13.6. The first kappa shape index (κ1) is 17.5. The number of ether oxygens (including phenoxy) is 1. The van der Waals surface area contributed by atoms with Crippen molar-refractivity contribution in [3.05, 3.63) is 42.0 Å². The number of nitrogens with zero attached hydrogens (tertiary/aromatic N) is 1. The number of benzene rings is 2. The number of hydrogen-bond donors (Lipinski definition) is 1. The Hall–Kier alpha value is -2.87. The number of carbonyl (C=O) groups excluding carboxylic acids is 2. The number of amides is 1. The molecular weight excluding hydrogens is 304 g/mol. The van der Waals surface area contributed by atoms with Crippen molar-refractivity contribution in [1.82, 2.24) is 5.32 Å². The molecular formula is C19H20N2O3. The van der Waals surface area contributed by atoms with Crippen molar-refractivity contribution >= 4 is 23.0 Å². The van der Waals surface area contributed by atoms with Crippen molar-refractivity contribution in [2.75, 3.05) is 6.61 Å². The molecule has 5 heteroatoms. The average molecular weight is 324 g/mol. The highest BCUT2D eigenvalue weighted by molar-refractivity contribution is 6.00. The van der Waals surface area contributed by atoms with E-state index < -0.39 is 11.4 Å². The first-order valence-electron chi connectivity index (χ1n) is 7.73. The third-order valence-corrected chi connectivity index (χ3v) is 4.19. The molecule has 0 fully saturated rings. The van der Waals surface area contributed by atoms with Crippen molar-refractivity contribution in [3.63, 3.8) is 0 Å². The maximum Gasteiger partial charge on any atom is 0.259 e. The molecule has 1 unspecified atom stereocenters. The van der Waals surface area contributed by atoms with Gasteiger partial charge in [-0.25, -0.2) is 0 Å². The number of carbonyl (C=O) groups is 2. The predicted octanol–water partition coefficient (Wildman–Crippen LogP) is 3.09. The molecule has 24 heavy (non-hydrogen) atoms. The van der Waals surface area contributed by atoms with Crippen molar-refractivity contribution in [2.24, 2.45) is 5.92 Å². The molecule has 5 nitrogen and oxygen atoms in total. The van der Waals surface area contributed by atoms with Crippen LogP contribution in [0.1, 0.15) is 31.1 Å². The van der Waals surface area contributed by atoms with E-state index in [0.717, 1.165) is 17.1 Å². The van der Waals surface area contributed by atoms with E-state index in [1.807, 2.05) is 44.2 Å². The lowest BCUT2D eigenvalue weighted by atomic mass is 9.90. The minimum atomic E-state index is -0.961. The van der Waals surface area contributed by atoms with Crippen molar-refractivity contribution in [1.29, 1.82) is 5.26 Å². The Morgan fingerprint density at radius 1 is 1.33 bits per heavy atom. The molecule has 1 atom stereocenters. The number of aldehydes is 1. The van der Waals surface area contributed by atoms with Crippen LogP contribution in [-0.2, 0) is 4.79 Å². The monoisotopic (exact) mass is 324 g/mol. The van der Waals surface area contributed by atoms with Gasteiger partial charge >= 0.3 is 0 Å². The second-order valence-corrected chi connectivity index (χ2v) is 6.12. The number of rotatable bonds is 6. The number of hydrogen-bond acceptors (Lipinski definition) is 4. The normalized spacial score (nSPS) is 13.1. The largest absolute Gasteiger partial charge is 0.483 e. The van der Waals surface area contributed by atoms with E-state index in [4.69, 9.17) is 4.74 Å². The summed E-state index contributed by atoms with van der Waals surface area (Å²) < 4.78 is 5.52. The lowest BCUT2D eigenvalue weighted by molar-refractivity contribution is -0.124. The molecule has 0 heterocycles. The van der Waals surface area contributed by atoms with Crippen LogP contribution < -0.4 is 10.1 Å². The highest BCUT2D eigenvalue weighted by atomic mass is 16.5. The number of nitriles is 1. The summed E-state index contributed by atoms with van der Waals surface area (Å²) >= 11 is 0. The van der Waals surface area contributed by atoms with Crippen molar-refractivity contribution in [3.8, 4) is 11.8 Å². The zero-order valence-electron chi connectivity index (χ0n) is 14.0. The van der Waals surface area contributed by atoms with Crippen LogP contribution in [0, 0.1) is 17.2 Å². The minimum absolute atomic E-state index is 0.0438. The summed E-state index contributed by atoms with van der Waals surface area (Å²) in [6.45, 7) is 5.13. The summed E-state index contributed by atoms with van der Waals surface area (Å²) in [6.07, 6.45) is 0.725. The Kier molecular flexibility index (Phi) is 5.20. The molecule has 1 amide bonds. The maximum atomic E-state index is 12.1. The summed E-state index contributed by atoms with van der Waals surface area (Å²) in [4.78, 5) is 23.5. The van der Waals surface area contributed by atoms with Crippen LogP contribution in [-0.4, -0.2) is 24.3 Å². The van der Waals surface area contributed by atoms with Crippen LogP contribution >= 0.6 is 0 Å². The summed E-state index contributed by atoms with van der Waals surface area (Å²) in [5.74, 6) is -0.0996. The van der Waals surface area contributed by atoms with Crippen LogP contribution in [0.25, 0.3) is 10.8 Å². The zero-order chi connectivity index (χ0) is 17.7. The van der Waals surface area contributed by atoms with Gasteiger partial charge in [0.15, 0.2) is 12.9 Å². The Morgan fingerprint density at radius 3 is 2.67 bits per heavy atom. The molecule has 0 radical (unpaired) electrons. The van der Waals surface area contributed by atoms with Crippen molar-refractivity contribution in [2.45, 2.75) is 26.3 Å². The molecule has 1 N–H and O–H groups in total. The fraction of sp³-hybridized carbons (Fsp3) is 0.316. The van der Waals surface area contributed by atoms with Gasteiger partial charge in [-0.15, -0.1) is 0 Å². The van der Waals surface area contributed by atoms with Crippen LogP contribution in [0.5, 0.6) is 5.75 Å². The Balaban J connectivity index is 2.15. The lowest BCUT2D eigenvalue weighted by Gasteiger charge is -2.27. The highest BCUT2D eigenvalue weighted by Gasteiger charge is 2.30. The van der Waals surface area contributed by atoms with E-state index in [1.165, 1.54) is 0 Å². The van der Waals surface area contributed by atoms with Crippen LogP contribution in [0.15, 0.2) is 36.4 Å². The van der Waals surface area contributed by atoms with Gasteiger partial charge in [-0.1, -0.05) is 44.2 Å². The van der Waals surface area contributed by atoms with E-state index in [-0.39, 0.29) is 12.5 Å². The summed E-state index contributed by atoms with van der Waals surface area (Å²) in [7, 11) is 0. The number of fused-ring (bicyclic) bond motifs is 1. The van der Waals surface area contributed by atoms with Gasteiger partial charge in [0, 0.05) is 0 Å². The Labute approximate surface area is 141 Å². The lowest BCUT2D eigenvalue weighted by Crippen LogP contribution is -2.50. The van der Waals surface area contributed by atoms with Gasteiger partial charge in [-0.3, -0.25) is 9.59 Å². The van der Waals surface area contributed by atoms with Gasteiger partial charge in [0.1, 0.15) is 11.3 Å². The van der Waals surface area contributed by atoms with Crippen molar-refractivity contribution < 1.29 is 14.3 Å². The van der Waals surface area contributed by atoms with Crippen LogP contribution in [0.3, 0.4) is 0 Å². The van der Waals surface area contributed by atoms with E-state index in [0.29, 0.717) is 11.3 Å². The van der Waals surface area contributed by atoms with Gasteiger partial charge in [-0.05, 0) is 29.7 Å². The fourth-order valence-corrected chi connectivity index (χ4v) is 2.29. The fourth-order valence-electron chi connectivity index (χ4n) is 2.29. The molecule has 2 aromatic rings. The SMILES string of the molecule is CC(C)C(C)(C#N)NC(=O)COc1ccc2ccccc2c1C=O. The van der Waals surface area contributed by atoms with Crippen LogP contribution in [0.4, 0.5) is 0 Å². The van der Waals surface area contributed by atoms with Gasteiger partial charge < -0.3 is 10.1 Å². The van der Waals surface area contributed by atoms with Gasteiger partial charge in [0.25, 0.3) is 5.91 Å². The Morgan fingerprint density at radius 2 is 2.04 bits per heavy atom. The van der Waals surface area contributed by atoms with Gasteiger partial charge in [-0.2, -0.15) is 5.26 Å². The zero-order valence-corrected chi connectivity index (χ0v) is 14.0. The van der Waals surface area contributed by atoms with E-state index in [1.54, 1.807) is 13.0 Å². The van der Waals surface area contributed by atoms with E-state index in [2.05, 4.69) is 11.4 Å². The van der Waals surface area contributed by atoms with E-state index >= 15 is 0 Å². The Bertz CT molecular complexity index is 808. The first-order valence-corrected chi connectivity index (χ1v) is 7.73. The molecule has 2 rings (SSSR count). The molecule has 0 aliphatic heterocycles. The molecule has 0 aromatic heterocycles. The third-order valence-electron chi connectivity index (χ3n) is 4.19. The van der Waals surface area contributed by atoms with Crippen LogP contribution in [0.2, 0.25) is 0 Å². The molecule has 0 spiro atoms. The molecule has 0 aliphatic carbocycles. The molecule has 0 saturated heterocycles. The molecule has 2 aromatic carbocycles. The van der Waals surface area contributed by atoms with Gasteiger partial charge in [0.2, 0.25) is 0 Å². The molecule has 0 saturated carbocycles. The first-order chi connectivity index (χ1) is 11.4. The predicted molar refractivity (Wildman–Crippen MR) is 91.8 cm³/mol. The van der Waals surface area contributed by atoms with E-state index in [9.17, 15) is 14.9 Å². The molecule has 0 bridgehead atoms. The third kappa shape index (κ3) is 3.54. The minimum Gasteiger partial charge on any atom is -0.483 e.